The number of aromatic nitrogens is 2. The van der Waals surface area contributed by atoms with Gasteiger partial charge in [0.15, 0.2) is 0 Å². The predicted molar refractivity (Wildman–Crippen MR) is 113 cm³/mol. The van der Waals surface area contributed by atoms with Gasteiger partial charge in [-0.1, -0.05) is 35.0 Å². The standard InChI is InChI=1S/C22H20ClF3N4O2/c23-18-7-2-1-6-17(18)20-28-19(32-29-20)13-30-10-8-14(9-11-30)21(31)27-16-5-3-4-15(12-16)22(24,25)26/h1-7,12,14H,8-11,13H2,(H,27,31). The Kier molecular flexibility index (Phi) is 6.48. The first kappa shape index (κ1) is 22.3. The summed E-state index contributed by atoms with van der Waals surface area (Å²) in [5, 5.41) is 7.12. The quantitative estimate of drug-likeness (QED) is 0.557. The van der Waals surface area contributed by atoms with Gasteiger partial charge in [0.25, 0.3) is 0 Å². The van der Waals surface area contributed by atoms with Crippen molar-refractivity contribution in [2.24, 2.45) is 5.92 Å². The van der Waals surface area contributed by atoms with Crippen molar-refractivity contribution in [3.8, 4) is 11.4 Å². The zero-order valence-electron chi connectivity index (χ0n) is 16.9. The molecule has 1 aromatic heterocycles. The summed E-state index contributed by atoms with van der Waals surface area (Å²) in [7, 11) is 0. The number of carbonyl (C=O) groups is 1. The summed E-state index contributed by atoms with van der Waals surface area (Å²) in [6, 6.07) is 11.9. The van der Waals surface area contributed by atoms with E-state index in [1.165, 1.54) is 12.1 Å². The summed E-state index contributed by atoms with van der Waals surface area (Å²) < 4.78 is 43.9. The highest BCUT2D eigenvalue weighted by atomic mass is 35.5. The van der Waals surface area contributed by atoms with Gasteiger partial charge in [0.1, 0.15) is 0 Å². The molecule has 2 heterocycles. The zero-order valence-corrected chi connectivity index (χ0v) is 17.7. The summed E-state index contributed by atoms with van der Waals surface area (Å²) in [6.07, 6.45) is -3.29. The lowest BCUT2D eigenvalue weighted by Crippen LogP contribution is -2.37. The van der Waals surface area contributed by atoms with Gasteiger partial charge in [-0.2, -0.15) is 18.2 Å². The SMILES string of the molecule is O=C(Nc1cccc(C(F)(F)F)c1)C1CCN(Cc2nc(-c3ccccc3Cl)no2)CC1. The molecule has 0 atom stereocenters. The molecule has 2 aromatic carbocycles. The van der Waals surface area contributed by atoms with Crippen molar-refractivity contribution in [3.63, 3.8) is 0 Å². The number of hydrogen-bond donors (Lipinski definition) is 1. The summed E-state index contributed by atoms with van der Waals surface area (Å²) in [5.41, 5.74) is 0.0418. The predicted octanol–water partition coefficient (Wildman–Crippen LogP) is 5.26. The molecule has 6 nitrogen and oxygen atoms in total. The van der Waals surface area contributed by atoms with E-state index in [0.717, 1.165) is 12.1 Å². The topological polar surface area (TPSA) is 71.3 Å². The van der Waals surface area contributed by atoms with Crippen molar-refractivity contribution in [1.82, 2.24) is 15.0 Å². The first-order chi connectivity index (χ1) is 15.3. The molecule has 0 radical (unpaired) electrons. The van der Waals surface area contributed by atoms with Crippen LogP contribution in [0.3, 0.4) is 0 Å². The third-order valence-electron chi connectivity index (χ3n) is 5.36. The molecule has 0 unspecified atom stereocenters. The molecule has 1 aliphatic rings. The van der Waals surface area contributed by atoms with Crippen molar-refractivity contribution in [1.29, 1.82) is 0 Å². The molecule has 168 valence electrons. The third kappa shape index (κ3) is 5.28. The van der Waals surface area contributed by atoms with Gasteiger partial charge in [-0.05, 0) is 56.3 Å². The number of amides is 1. The van der Waals surface area contributed by atoms with E-state index in [0.29, 0.717) is 54.8 Å². The van der Waals surface area contributed by atoms with E-state index in [4.69, 9.17) is 16.1 Å². The maximum absolute atomic E-state index is 12.9. The van der Waals surface area contributed by atoms with Crippen LogP contribution in [0.15, 0.2) is 53.1 Å². The van der Waals surface area contributed by atoms with Crippen molar-refractivity contribution in [3.05, 3.63) is 65.0 Å². The van der Waals surface area contributed by atoms with Crippen LogP contribution < -0.4 is 5.32 Å². The summed E-state index contributed by atoms with van der Waals surface area (Å²) in [4.78, 5) is 19.0. The second-order valence-electron chi connectivity index (χ2n) is 7.61. The average Bonchev–Trinajstić information content (AvgIpc) is 3.22. The fourth-order valence-corrected chi connectivity index (χ4v) is 3.85. The van der Waals surface area contributed by atoms with E-state index in [9.17, 15) is 18.0 Å². The Bertz CT molecular complexity index is 1090. The highest BCUT2D eigenvalue weighted by Gasteiger charge is 2.31. The normalized spacial score (nSPS) is 15.6. The molecule has 1 saturated heterocycles. The van der Waals surface area contributed by atoms with Crippen molar-refractivity contribution < 1.29 is 22.5 Å². The minimum absolute atomic E-state index is 0.144. The second kappa shape index (κ2) is 9.30. The number of benzene rings is 2. The van der Waals surface area contributed by atoms with Crippen LogP contribution in [0, 0.1) is 5.92 Å². The van der Waals surface area contributed by atoms with E-state index in [1.807, 2.05) is 18.2 Å². The Hall–Kier alpha value is -2.91. The van der Waals surface area contributed by atoms with E-state index in [1.54, 1.807) is 6.07 Å². The number of halogens is 4. The molecule has 3 aromatic rings. The molecule has 10 heteroatoms. The lowest BCUT2D eigenvalue weighted by molar-refractivity contribution is -0.137. The Balaban J connectivity index is 1.30. The number of hydrogen-bond acceptors (Lipinski definition) is 5. The number of rotatable bonds is 5. The van der Waals surface area contributed by atoms with Gasteiger partial charge in [-0.3, -0.25) is 9.69 Å². The first-order valence-corrected chi connectivity index (χ1v) is 10.5. The van der Waals surface area contributed by atoms with Crippen molar-refractivity contribution >= 4 is 23.2 Å². The molecule has 0 saturated carbocycles. The van der Waals surface area contributed by atoms with Crippen LogP contribution in [0.1, 0.15) is 24.3 Å². The number of alkyl halides is 3. The summed E-state index contributed by atoms with van der Waals surface area (Å²) in [6.45, 7) is 1.70. The summed E-state index contributed by atoms with van der Waals surface area (Å²) in [5.74, 6) is 0.317. The Labute approximate surface area is 187 Å². The van der Waals surface area contributed by atoms with Crippen LogP contribution in [0.2, 0.25) is 5.02 Å². The van der Waals surface area contributed by atoms with Crippen molar-refractivity contribution in [2.75, 3.05) is 18.4 Å². The van der Waals surface area contributed by atoms with Crippen LogP contribution in [0.4, 0.5) is 18.9 Å². The molecule has 1 N–H and O–H groups in total. The Morgan fingerprint density at radius 3 is 2.62 bits per heavy atom. The molecular weight excluding hydrogens is 445 g/mol. The number of likely N-dealkylation sites (tertiary alicyclic amines) is 1. The molecule has 1 amide bonds. The molecule has 0 spiro atoms. The van der Waals surface area contributed by atoms with Crippen LogP contribution in [-0.2, 0) is 17.5 Å². The van der Waals surface area contributed by atoms with Gasteiger partial charge in [0.05, 0.1) is 17.1 Å². The van der Waals surface area contributed by atoms with Crippen LogP contribution in [0.5, 0.6) is 0 Å². The third-order valence-corrected chi connectivity index (χ3v) is 5.69. The second-order valence-corrected chi connectivity index (χ2v) is 8.02. The number of anilines is 1. The lowest BCUT2D eigenvalue weighted by Gasteiger charge is -2.30. The fraction of sp³-hybridized carbons (Fsp3) is 0.318. The van der Waals surface area contributed by atoms with Gasteiger partial charge in [0, 0.05) is 17.2 Å². The van der Waals surface area contributed by atoms with Crippen molar-refractivity contribution in [2.45, 2.75) is 25.6 Å². The van der Waals surface area contributed by atoms with Gasteiger partial charge >= 0.3 is 6.18 Å². The number of piperidine rings is 1. The molecule has 32 heavy (non-hydrogen) atoms. The highest BCUT2D eigenvalue weighted by molar-refractivity contribution is 6.33. The number of nitrogens with zero attached hydrogens (tertiary/aromatic N) is 3. The van der Waals surface area contributed by atoms with E-state index in [-0.39, 0.29) is 17.5 Å². The number of carbonyl (C=O) groups excluding carboxylic acids is 1. The van der Waals surface area contributed by atoms with Gasteiger partial charge in [0.2, 0.25) is 17.6 Å². The van der Waals surface area contributed by atoms with E-state index < -0.39 is 11.7 Å². The highest BCUT2D eigenvalue weighted by Crippen LogP contribution is 2.31. The van der Waals surface area contributed by atoms with Gasteiger partial charge < -0.3 is 9.84 Å². The average molecular weight is 465 g/mol. The van der Waals surface area contributed by atoms with E-state index in [2.05, 4.69) is 20.4 Å². The minimum atomic E-state index is -4.45. The van der Waals surface area contributed by atoms with E-state index >= 15 is 0 Å². The van der Waals surface area contributed by atoms with Crippen LogP contribution in [0.25, 0.3) is 11.4 Å². The summed E-state index contributed by atoms with van der Waals surface area (Å²) >= 11 is 6.17. The van der Waals surface area contributed by atoms with Gasteiger partial charge in [-0.15, -0.1) is 0 Å². The molecular formula is C22H20ClF3N4O2. The van der Waals surface area contributed by atoms with Crippen LogP contribution >= 0.6 is 11.6 Å². The van der Waals surface area contributed by atoms with Gasteiger partial charge in [-0.25, -0.2) is 0 Å². The molecule has 1 aliphatic heterocycles. The molecule has 4 rings (SSSR count). The Morgan fingerprint density at radius 1 is 1.16 bits per heavy atom. The molecule has 0 bridgehead atoms. The largest absolute Gasteiger partial charge is 0.416 e. The Morgan fingerprint density at radius 2 is 1.91 bits per heavy atom. The molecule has 0 aliphatic carbocycles. The monoisotopic (exact) mass is 464 g/mol. The number of nitrogens with one attached hydrogen (secondary N) is 1. The zero-order chi connectivity index (χ0) is 22.7. The lowest BCUT2D eigenvalue weighted by atomic mass is 9.95. The molecule has 1 fully saturated rings. The first-order valence-electron chi connectivity index (χ1n) is 10.1. The maximum atomic E-state index is 12.9. The minimum Gasteiger partial charge on any atom is -0.338 e. The fourth-order valence-electron chi connectivity index (χ4n) is 3.63. The maximum Gasteiger partial charge on any atom is 0.416 e. The smallest absolute Gasteiger partial charge is 0.338 e. The van der Waals surface area contributed by atoms with Crippen LogP contribution in [-0.4, -0.2) is 34.0 Å².